The number of hydrogen-bond donors (Lipinski definition) is 2. The summed E-state index contributed by atoms with van der Waals surface area (Å²) in [5.41, 5.74) is 7.40. The molecule has 0 aromatic heterocycles. The summed E-state index contributed by atoms with van der Waals surface area (Å²) in [5, 5.41) is 0. The molecule has 0 saturated heterocycles. The summed E-state index contributed by atoms with van der Waals surface area (Å²) < 4.78 is 10.8. The van der Waals surface area contributed by atoms with E-state index in [4.69, 9.17) is 15.3 Å². The van der Waals surface area contributed by atoms with Gasteiger partial charge in [-0.3, -0.25) is 5.84 Å². The molecule has 0 amide bonds. The third-order valence-corrected chi connectivity index (χ3v) is 3.78. The van der Waals surface area contributed by atoms with Gasteiger partial charge < -0.3 is 9.47 Å². The first kappa shape index (κ1) is 15.4. The van der Waals surface area contributed by atoms with Crippen LogP contribution in [0, 0.1) is 13.8 Å². The van der Waals surface area contributed by atoms with Gasteiger partial charge in [-0.05, 0) is 48.7 Å². The van der Waals surface area contributed by atoms with E-state index in [1.54, 1.807) is 14.2 Å². The summed E-state index contributed by atoms with van der Waals surface area (Å²) in [4.78, 5) is 0. The number of nitrogens with two attached hydrogens (primary N) is 1. The highest BCUT2D eigenvalue weighted by atomic mass is 16.5. The first-order valence-corrected chi connectivity index (χ1v) is 6.86. The van der Waals surface area contributed by atoms with Crippen molar-refractivity contribution >= 4 is 0 Å². The molecule has 2 aromatic rings. The molecular formula is C17H22N2O2. The molecule has 2 aromatic carbocycles. The van der Waals surface area contributed by atoms with Crippen LogP contribution in [-0.2, 0) is 0 Å². The molecule has 21 heavy (non-hydrogen) atoms. The van der Waals surface area contributed by atoms with Gasteiger partial charge in [0.25, 0.3) is 0 Å². The van der Waals surface area contributed by atoms with Crippen LogP contribution in [0.15, 0.2) is 36.4 Å². The Bertz CT molecular complexity index is 626. The molecule has 0 bridgehead atoms. The number of benzene rings is 2. The summed E-state index contributed by atoms with van der Waals surface area (Å²) in [6.07, 6.45) is 0. The van der Waals surface area contributed by atoms with E-state index < -0.39 is 0 Å². The molecule has 0 saturated carbocycles. The minimum Gasteiger partial charge on any atom is -0.497 e. The molecule has 2 rings (SSSR count). The van der Waals surface area contributed by atoms with E-state index in [2.05, 4.69) is 37.5 Å². The van der Waals surface area contributed by atoms with Crippen molar-refractivity contribution in [3.63, 3.8) is 0 Å². The molecule has 0 aliphatic rings. The molecule has 112 valence electrons. The Morgan fingerprint density at radius 3 is 2.29 bits per heavy atom. The van der Waals surface area contributed by atoms with Gasteiger partial charge in [-0.1, -0.05) is 18.2 Å². The van der Waals surface area contributed by atoms with Crippen molar-refractivity contribution in [2.24, 2.45) is 5.84 Å². The third kappa shape index (κ3) is 3.17. The van der Waals surface area contributed by atoms with Crippen LogP contribution in [0.1, 0.15) is 28.3 Å². The Balaban J connectivity index is 2.51. The molecular weight excluding hydrogens is 264 g/mol. The largest absolute Gasteiger partial charge is 0.497 e. The van der Waals surface area contributed by atoms with Gasteiger partial charge in [0.05, 0.1) is 20.3 Å². The summed E-state index contributed by atoms with van der Waals surface area (Å²) in [7, 11) is 3.30. The van der Waals surface area contributed by atoms with Crippen LogP contribution in [-0.4, -0.2) is 14.2 Å². The van der Waals surface area contributed by atoms with Crippen molar-refractivity contribution < 1.29 is 9.47 Å². The van der Waals surface area contributed by atoms with E-state index in [1.165, 1.54) is 11.1 Å². The lowest BCUT2D eigenvalue weighted by Gasteiger charge is -2.21. The molecule has 0 radical (unpaired) electrons. The Morgan fingerprint density at radius 2 is 1.71 bits per heavy atom. The molecule has 3 N–H and O–H groups in total. The quantitative estimate of drug-likeness (QED) is 0.655. The molecule has 4 heteroatoms. The van der Waals surface area contributed by atoms with Crippen LogP contribution in [0.25, 0.3) is 0 Å². The Kier molecular flexibility index (Phi) is 4.83. The summed E-state index contributed by atoms with van der Waals surface area (Å²) in [6.45, 7) is 4.19. The maximum atomic E-state index is 5.79. The Morgan fingerprint density at radius 1 is 0.952 bits per heavy atom. The van der Waals surface area contributed by atoms with E-state index in [-0.39, 0.29) is 6.04 Å². The lowest BCUT2D eigenvalue weighted by molar-refractivity contribution is 0.394. The number of methoxy groups -OCH3 is 2. The summed E-state index contributed by atoms with van der Waals surface area (Å²) in [6, 6.07) is 11.9. The highest BCUT2D eigenvalue weighted by Crippen LogP contribution is 2.33. The number of ether oxygens (including phenoxy) is 2. The topological polar surface area (TPSA) is 56.5 Å². The first-order chi connectivity index (χ1) is 10.1. The summed E-state index contributed by atoms with van der Waals surface area (Å²) >= 11 is 0. The fraction of sp³-hybridized carbons (Fsp3) is 0.294. The van der Waals surface area contributed by atoms with Gasteiger partial charge >= 0.3 is 0 Å². The van der Waals surface area contributed by atoms with Gasteiger partial charge in [-0.2, -0.15) is 0 Å². The van der Waals surface area contributed by atoms with Crippen molar-refractivity contribution in [1.82, 2.24) is 5.43 Å². The van der Waals surface area contributed by atoms with Crippen LogP contribution in [0.3, 0.4) is 0 Å². The second kappa shape index (κ2) is 6.61. The fourth-order valence-corrected chi connectivity index (χ4v) is 2.37. The number of aryl methyl sites for hydroxylation is 2. The second-order valence-electron chi connectivity index (χ2n) is 5.05. The zero-order chi connectivity index (χ0) is 15.4. The molecule has 0 fully saturated rings. The molecule has 0 aliphatic carbocycles. The van der Waals surface area contributed by atoms with Gasteiger partial charge in [0.15, 0.2) is 0 Å². The second-order valence-corrected chi connectivity index (χ2v) is 5.05. The minimum absolute atomic E-state index is 0.158. The van der Waals surface area contributed by atoms with Crippen molar-refractivity contribution in [2.75, 3.05) is 14.2 Å². The van der Waals surface area contributed by atoms with Crippen LogP contribution in [0.5, 0.6) is 11.5 Å². The predicted molar refractivity (Wildman–Crippen MR) is 84.6 cm³/mol. The normalized spacial score (nSPS) is 12.0. The standard InChI is InChI=1S/C17H22N2O2/c1-11-5-6-13(9-12(11)2)17(19-18)15-10-14(20-3)7-8-16(15)21-4/h5-10,17,19H,18H2,1-4H3. The Labute approximate surface area is 125 Å². The third-order valence-electron chi connectivity index (χ3n) is 3.78. The van der Waals surface area contributed by atoms with Crippen LogP contribution in [0.2, 0.25) is 0 Å². The molecule has 0 heterocycles. The maximum absolute atomic E-state index is 5.79. The highest BCUT2D eigenvalue weighted by molar-refractivity contribution is 5.47. The number of hydrazine groups is 1. The van der Waals surface area contributed by atoms with Crippen LogP contribution in [0.4, 0.5) is 0 Å². The van der Waals surface area contributed by atoms with E-state index in [1.807, 2.05) is 18.2 Å². The van der Waals surface area contributed by atoms with Gasteiger partial charge in [0.2, 0.25) is 0 Å². The van der Waals surface area contributed by atoms with Crippen LogP contribution >= 0.6 is 0 Å². The monoisotopic (exact) mass is 286 g/mol. The van der Waals surface area contributed by atoms with E-state index in [0.717, 1.165) is 22.6 Å². The molecule has 0 aliphatic heterocycles. The lowest BCUT2D eigenvalue weighted by atomic mass is 9.95. The van der Waals surface area contributed by atoms with Gasteiger partial charge in [0.1, 0.15) is 11.5 Å². The number of nitrogens with one attached hydrogen (secondary N) is 1. The molecule has 1 unspecified atom stereocenters. The van der Waals surface area contributed by atoms with Gasteiger partial charge in [-0.15, -0.1) is 0 Å². The molecule has 4 nitrogen and oxygen atoms in total. The highest BCUT2D eigenvalue weighted by Gasteiger charge is 2.18. The lowest BCUT2D eigenvalue weighted by Crippen LogP contribution is -2.29. The number of rotatable bonds is 5. The SMILES string of the molecule is COc1ccc(OC)c(C(NN)c2ccc(C)c(C)c2)c1. The maximum Gasteiger partial charge on any atom is 0.124 e. The zero-order valence-corrected chi connectivity index (χ0v) is 12.9. The predicted octanol–water partition coefficient (Wildman–Crippen LogP) is 2.87. The molecule has 1 atom stereocenters. The van der Waals surface area contributed by atoms with E-state index in [9.17, 15) is 0 Å². The molecule has 0 spiro atoms. The van der Waals surface area contributed by atoms with Crippen molar-refractivity contribution in [3.05, 3.63) is 58.7 Å². The van der Waals surface area contributed by atoms with Crippen molar-refractivity contribution in [1.29, 1.82) is 0 Å². The Hall–Kier alpha value is -2.04. The zero-order valence-electron chi connectivity index (χ0n) is 12.9. The smallest absolute Gasteiger partial charge is 0.124 e. The van der Waals surface area contributed by atoms with Crippen LogP contribution < -0.4 is 20.7 Å². The van der Waals surface area contributed by atoms with Crippen molar-refractivity contribution in [2.45, 2.75) is 19.9 Å². The van der Waals surface area contributed by atoms with E-state index in [0.29, 0.717) is 0 Å². The first-order valence-electron chi connectivity index (χ1n) is 6.86. The van der Waals surface area contributed by atoms with Gasteiger partial charge in [0, 0.05) is 5.56 Å². The minimum atomic E-state index is -0.158. The summed E-state index contributed by atoms with van der Waals surface area (Å²) in [5.74, 6) is 7.34. The van der Waals surface area contributed by atoms with Crippen molar-refractivity contribution in [3.8, 4) is 11.5 Å². The van der Waals surface area contributed by atoms with Gasteiger partial charge in [-0.25, -0.2) is 5.43 Å². The average Bonchev–Trinajstić information content (AvgIpc) is 2.51. The van der Waals surface area contributed by atoms with E-state index >= 15 is 0 Å². The average molecular weight is 286 g/mol. The fourth-order valence-electron chi connectivity index (χ4n) is 2.37. The number of hydrogen-bond acceptors (Lipinski definition) is 4.